The quantitative estimate of drug-likeness (QED) is 0.637. The van der Waals surface area contributed by atoms with Crippen LogP contribution in [0.3, 0.4) is 0 Å². The van der Waals surface area contributed by atoms with Gasteiger partial charge in [-0.25, -0.2) is 0 Å². The smallest absolute Gasteiger partial charge is 0.549 e. The first-order chi connectivity index (χ1) is 9.22. The maximum atomic E-state index is 11.1. The summed E-state index contributed by atoms with van der Waals surface area (Å²) in [6.45, 7) is 0.408. The Morgan fingerprint density at radius 3 is 2.29 bits per heavy atom. The van der Waals surface area contributed by atoms with Crippen molar-refractivity contribution in [2.75, 3.05) is 13.6 Å². The van der Waals surface area contributed by atoms with E-state index < -0.39 is 11.9 Å². The summed E-state index contributed by atoms with van der Waals surface area (Å²) < 4.78 is 0. The Hall–Kier alpha value is -0.390. The summed E-state index contributed by atoms with van der Waals surface area (Å²) in [5.74, 6) is -0.918. The maximum absolute atomic E-state index is 11.1. The van der Waals surface area contributed by atoms with Crippen LogP contribution in [0.1, 0.15) is 55.1 Å². The first-order valence-electron chi connectivity index (χ1n) is 7.17. The summed E-state index contributed by atoms with van der Waals surface area (Å²) in [7, 11) is 1.76. The second-order valence-corrected chi connectivity index (χ2v) is 5.43. The minimum absolute atomic E-state index is 0. The molecule has 4 nitrogen and oxygen atoms in total. The first-order valence-corrected chi connectivity index (χ1v) is 7.17. The Kier molecular flexibility index (Phi) is 10.2. The molecule has 3 N–H and O–H groups in total. The second kappa shape index (κ2) is 10.4. The monoisotopic (exact) mass is 301 g/mol. The molecule has 0 spiro atoms. The normalized spacial score (nSPS) is 16.4. The molecule has 1 aromatic carbocycles. The van der Waals surface area contributed by atoms with Crippen molar-refractivity contribution in [2.24, 2.45) is 0 Å². The molecule has 1 saturated carbocycles. The zero-order valence-electron chi connectivity index (χ0n) is 13.0. The molecule has 1 aliphatic carbocycles. The predicted molar refractivity (Wildman–Crippen MR) is 77.6 cm³/mol. The van der Waals surface area contributed by atoms with Gasteiger partial charge in [-0.05, 0) is 36.9 Å². The van der Waals surface area contributed by atoms with Crippen molar-refractivity contribution in [3.05, 3.63) is 35.4 Å². The van der Waals surface area contributed by atoms with Gasteiger partial charge < -0.3 is 20.7 Å². The molecule has 5 heteroatoms. The third-order valence-electron chi connectivity index (χ3n) is 4.11. The number of carboxylic acids is 1. The van der Waals surface area contributed by atoms with E-state index in [1.807, 2.05) is 12.1 Å². The van der Waals surface area contributed by atoms with Crippen LogP contribution in [0.4, 0.5) is 0 Å². The van der Waals surface area contributed by atoms with Gasteiger partial charge in [-0.2, -0.15) is 0 Å². The van der Waals surface area contributed by atoms with Gasteiger partial charge >= 0.3 is 29.6 Å². The first kappa shape index (κ1) is 20.6. The van der Waals surface area contributed by atoms with Crippen molar-refractivity contribution in [2.45, 2.75) is 43.9 Å². The number of rotatable bonds is 5. The van der Waals surface area contributed by atoms with E-state index in [-0.39, 0.29) is 35.0 Å². The zero-order chi connectivity index (χ0) is 13.7. The third kappa shape index (κ3) is 5.72. The van der Waals surface area contributed by atoms with Gasteiger partial charge in [-0.1, -0.05) is 43.5 Å². The van der Waals surface area contributed by atoms with Crippen LogP contribution >= 0.6 is 0 Å². The number of benzene rings is 1. The summed E-state index contributed by atoms with van der Waals surface area (Å²) >= 11 is 0. The van der Waals surface area contributed by atoms with Gasteiger partial charge in [0.1, 0.15) is 0 Å². The van der Waals surface area contributed by atoms with Gasteiger partial charge in [0.2, 0.25) is 0 Å². The molecule has 1 unspecified atom stereocenters. The third-order valence-corrected chi connectivity index (χ3v) is 4.11. The number of carbonyl (C=O) groups excluding carboxylic acids is 1. The number of hydrogen-bond acceptors (Lipinski definition) is 3. The number of aliphatic carboxylic acids is 1. The summed E-state index contributed by atoms with van der Waals surface area (Å²) in [5, 5.41) is 14.0. The standard InChI is InChI=1S/C16H23NO2.Na.H2O/c1-17-11-15(16(18)19)14-9-7-13(8-10-14)12-5-3-2-4-6-12;;/h7-10,12,15,17H,2-6,11H2,1H3,(H,18,19);;1H2/q;+1;/p-1. The van der Waals surface area contributed by atoms with Crippen molar-refractivity contribution >= 4 is 5.97 Å². The van der Waals surface area contributed by atoms with Crippen molar-refractivity contribution in [1.29, 1.82) is 0 Å². The van der Waals surface area contributed by atoms with E-state index in [1.54, 1.807) is 7.05 Å². The average molecular weight is 301 g/mol. The molecule has 1 aliphatic rings. The van der Waals surface area contributed by atoms with Crippen molar-refractivity contribution in [3.63, 3.8) is 0 Å². The van der Waals surface area contributed by atoms with Crippen molar-refractivity contribution < 1.29 is 44.9 Å². The second-order valence-electron chi connectivity index (χ2n) is 5.43. The van der Waals surface area contributed by atoms with Crippen molar-refractivity contribution in [3.8, 4) is 0 Å². The fourth-order valence-electron chi connectivity index (χ4n) is 2.98. The predicted octanol–water partition coefficient (Wildman–Crippen LogP) is -2.03. The van der Waals surface area contributed by atoms with E-state index in [0.29, 0.717) is 12.5 Å². The molecule has 1 aromatic rings. The fraction of sp³-hybridized carbons (Fsp3) is 0.562. The van der Waals surface area contributed by atoms with Gasteiger partial charge in [0.25, 0.3) is 0 Å². The van der Waals surface area contributed by atoms with Crippen LogP contribution in [0.2, 0.25) is 0 Å². The van der Waals surface area contributed by atoms with Gasteiger partial charge in [-0.3, -0.25) is 0 Å². The molecule has 1 fully saturated rings. The molecular formula is C16H24NNaO3. The van der Waals surface area contributed by atoms with Crippen LogP contribution in [0.15, 0.2) is 24.3 Å². The molecule has 0 aromatic heterocycles. The topological polar surface area (TPSA) is 83.7 Å². The van der Waals surface area contributed by atoms with E-state index in [4.69, 9.17) is 0 Å². The molecular weight excluding hydrogens is 277 g/mol. The van der Waals surface area contributed by atoms with Crippen LogP contribution < -0.4 is 40.0 Å². The van der Waals surface area contributed by atoms with E-state index in [2.05, 4.69) is 17.4 Å². The zero-order valence-corrected chi connectivity index (χ0v) is 15.0. The minimum Gasteiger partial charge on any atom is -0.549 e. The van der Waals surface area contributed by atoms with Crippen LogP contribution in [-0.4, -0.2) is 25.0 Å². The van der Waals surface area contributed by atoms with E-state index >= 15 is 0 Å². The van der Waals surface area contributed by atoms with Gasteiger partial charge in [0, 0.05) is 12.5 Å². The van der Waals surface area contributed by atoms with Gasteiger partial charge in [0.05, 0.1) is 5.97 Å². The largest absolute Gasteiger partial charge is 1.00 e. The van der Waals surface area contributed by atoms with Gasteiger partial charge in [-0.15, -0.1) is 0 Å². The number of carboxylic acid groups (broad SMARTS) is 1. The Morgan fingerprint density at radius 1 is 1.24 bits per heavy atom. The fourth-order valence-corrected chi connectivity index (χ4v) is 2.98. The molecule has 0 amide bonds. The molecule has 0 saturated heterocycles. The van der Waals surface area contributed by atoms with Crippen LogP contribution in [0, 0.1) is 0 Å². The molecule has 21 heavy (non-hydrogen) atoms. The van der Waals surface area contributed by atoms with E-state index in [1.165, 1.54) is 37.7 Å². The molecule has 0 heterocycles. The number of carbonyl (C=O) groups is 1. The van der Waals surface area contributed by atoms with Crippen LogP contribution in [0.25, 0.3) is 0 Å². The summed E-state index contributed by atoms with van der Waals surface area (Å²) in [5.41, 5.74) is 2.18. The number of hydrogen-bond donors (Lipinski definition) is 1. The Bertz CT molecular complexity index is 416. The molecule has 2 rings (SSSR count). The van der Waals surface area contributed by atoms with Crippen molar-refractivity contribution in [1.82, 2.24) is 5.32 Å². The van der Waals surface area contributed by atoms with Crippen LogP contribution in [-0.2, 0) is 4.79 Å². The molecule has 112 valence electrons. The summed E-state index contributed by atoms with van der Waals surface area (Å²) in [6.07, 6.45) is 6.50. The Morgan fingerprint density at radius 2 is 1.81 bits per heavy atom. The molecule has 0 aliphatic heterocycles. The summed E-state index contributed by atoms with van der Waals surface area (Å²) in [4.78, 5) is 11.1. The summed E-state index contributed by atoms with van der Waals surface area (Å²) in [6, 6.07) is 8.08. The van der Waals surface area contributed by atoms with Crippen LogP contribution in [0.5, 0.6) is 0 Å². The number of nitrogens with one attached hydrogen (secondary N) is 1. The Labute approximate surface area is 148 Å². The maximum Gasteiger partial charge on any atom is 1.00 e. The number of likely N-dealkylation sites (N-methyl/N-ethyl adjacent to an activating group) is 1. The van der Waals surface area contributed by atoms with E-state index in [9.17, 15) is 9.90 Å². The molecule has 1 atom stereocenters. The SMILES string of the molecule is CNCC(C(=O)[O-])c1ccc(C2CCCCC2)cc1.O.[Na+]. The Balaban J connectivity index is 0.00000200. The van der Waals surface area contributed by atoms with E-state index in [0.717, 1.165) is 5.56 Å². The van der Waals surface area contributed by atoms with Gasteiger partial charge in [0.15, 0.2) is 0 Å². The average Bonchev–Trinajstić information content (AvgIpc) is 2.46. The molecule has 0 bridgehead atoms. The minimum atomic E-state index is -1.01. The molecule has 0 radical (unpaired) electrons.